The highest BCUT2D eigenvalue weighted by Gasteiger charge is 2.35. The minimum atomic E-state index is -4.53. The molecule has 24 heavy (non-hydrogen) atoms. The van der Waals surface area contributed by atoms with Crippen molar-refractivity contribution in [3.05, 3.63) is 42.0 Å². The second kappa shape index (κ2) is 7.03. The van der Waals surface area contributed by atoms with Crippen molar-refractivity contribution in [3.63, 3.8) is 0 Å². The highest BCUT2D eigenvalue weighted by atomic mass is 32.2. The quantitative estimate of drug-likeness (QED) is 0.622. The Bertz CT molecular complexity index is 739. The fraction of sp³-hybridized carbons (Fsp3) is 0.353. The second-order valence-electron chi connectivity index (χ2n) is 5.37. The minimum Gasteiger partial charge on any atom is -0.452 e. The molecule has 3 rings (SSSR count). The second-order valence-corrected chi connectivity index (χ2v) is 7.58. The third kappa shape index (κ3) is 3.84. The van der Waals surface area contributed by atoms with Crippen molar-refractivity contribution in [2.45, 2.75) is 11.1 Å². The van der Waals surface area contributed by atoms with Crippen LogP contribution in [0, 0.1) is 0 Å². The molecule has 0 spiro atoms. The van der Waals surface area contributed by atoms with Gasteiger partial charge in [-0.2, -0.15) is 13.2 Å². The number of hydrogen-bond acceptors (Lipinski definition) is 3. The summed E-state index contributed by atoms with van der Waals surface area (Å²) >= 11 is 0. The van der Waals surface area contributed by atoms with E-state index in [0.29, 0.717) is 13.2 Å². The first-order valence-electron chi connectivity index (χ1n) is 7.46. The Morgan fingerprint density at radius 2 is 1.83 bits per heavy atom. The number of hydrogen-bond donors (Lipinski definition) is 0. The van der Waals surface area contributed by atoms with Crippen LogP contribution >= 0.6 is 0 Å². The first kappa shape index (κ1) is 17.1. The molecule has 1 fully saturated rings. The molecular formula is C17H16F3O3S+. The molecule has 7 heteroatoms. The highest BCUT2D eigenvalue weighted by Crippen LogP contribution is 2.31. The smallest absolute Gasteiger partial charge is 0.422 e. The molecule has 2 aromatic carbocycles. The molecule has 0 bridgehead atoms. The fourth-order valence-corrected chi connectivity index (χ4v) is 4.88. The predicted octanol–water partition coefficient (Wildman–Crippen LogP) is 3.57. The number of fused-ring (bicyclic) bond motifs is 1. The monoisotopic (exact) mass is 357 g/mol. The van der Waals surface area contributed by atoms with Crippen molar-refractivity contribution in [1.29, 1.82) is 0 Å². The highest BCUT2D eigenvalue weighted by molar-refractivity contribution is 7.97. The lowest BCUT2D eigenvalue weighted by atomic mass is 10.1. The molecular weight excluding hydrogens is 341 g/mol. The summed E-state index contributed by atoms with van der Waals surface area (Å²) in [5.74, 6) is 0.591. The van der Waals surface area contributed by atoms with Crippen LogP contribution in [-0.4, -0.2) is 43.5 Å². The van der Waals surface area contributed by atoms with Crippen LogP contribution in [0.15, 0.2) is 41.3 Å². The number of halogens is 3. The van der Waals surface area contributed by atoms with Gasteiger partial charge in [0, 0.05) is 16.3 Å². The molecule has 0 unspecified atom stereocenters. The van der Waals surface area contributed by atoms with Crippen LogP contribution in [-0.2, 0) is 20.4 Å². The fourth-order valence-electron chi connectivity index (χ4n) is 2.67. The Morgan fingerprint density at radius 1 is 1.12 bits per heavy atom. The zero-order valence-electron chi connectivity index (χ0n) is 12.8. The molecule has 0 atom stereocenters. The normalized spacial score (nSPS) is 16.3. The minimum absolute atomic E-state index is 0.225. The molecule has 3 nitrogen and oxygen atoms in total. The Kier molecular flexibility index (Phi) is 5.01. The maximum absolute atomic E-state index is 12.3. The molecule has 1 aliphatic rings. The number of carbonyl (C=O) groups is 1. The number of carbonyl (C=O) groups excluding carboxylic acids is 1. The lowest BCUT2D eigenvalue weighted by Crippen LogP contribution is -2.28. The summed E-state index contributed by atoms with van der Waals surface area (Å²) in [6, 6.07) is 10.9. The molecule has 1 heterocycles. The van der Waals surface area contributed by atoms with Gasteiger partial charge in [-0.25, -0.2) is 4.79 Å². The van der Waals surface area contributed by atoms with Crippen molar-refractivity contribution >= 4 is 27.6 Å². The number of rotatable bonds is 3. The van der Waals surface area contributed by atoms with Gasteiger partial charge in [0.2, 0.25) is 0 Å². The van der Waals surface area contributed by atoms with Crippen molar-refractivity contribution < 1.29 is 27.4 Å². The first-order valence-corrected chi connectivity index (χ1v) is 9.03. The standard InChI is InChI=1S/C17H16F3O3S/c18-17(19,20)11-23-16(21)14-6-5-12-3-1-2-4-13(12)15(14)24-9-7-22-8-10-24/h1-6H,7-11H2/q+1. The van der Waals surface area contributed by atoms with Crippen LogP contribution in [0.2, 0.25) is 0 Å². The van der Waals surface area contributed by atoms with Crippen LogP contribution in [0.4, 0.5) is 13.2 Å². The van der Waals surface area contributed by atoms with E-state index in [-0.39, 0.29) is 16.5 Å². The average Bonchev–Trinajstić information content (AvgIpc) is 2.58. The first-order chi connectivity index (χ1) is 11.5. The van der Waals surface area contributed by atoms with E-state index in [1.165, 1.54) is 0 Å². The lowest BCUT2D eigenvalue weighted by molar-refractivity contribution is -0.161. The van der Waals surface area contributed by atoms with E-state index in [1.807, 2.05) is 24.3 Å². The van der Waals surface area contributed by atoms with Crippen molar-refractivity contribution in [1.82, 2.24) is 0 Å². The third-order valence-electron chi connectivity index (χ3n) is 3.70. The summed E-state index contributed by atoms with van der Waals surface area (Å²) in [4.78, 5) is 13.0. The number of alkyl halides is 3. The Hall–Kier alpha value is -1.73. The Morgan fingerprint density at radius 3 is 2.54 bits per heavy atom. The van der Waals surface area contributed by atoms with E-state index in [1.54, 1.807) is 12.1 Å². The summed E-state index contributed by atoms with van der Waals surface area (Å²) in [6.45, 7) is -0.401. The van der Waals surface area contributed by atoms with Gasteiger partial charge >= 0.3 is 12.1 Å². The van der Waals surface area contributed by atoms with Gasteiger partial charge in [0.25, 0.3) is 0 Å². The zero-order valence-corrected chi connectivity index (χ0v) is 13.6. The molecule has 0 radical (unpaired) electrons. The average molecular weight is 357 g/mol. The van der Waals surface area contributed by atoms with Crippen molar-refractivity contribution in [2.24, 2.45) is 0 Å². The molecule has 1 aliphatic heterocycles. The van der Waals surface area contributed by atoms with Crippen LogP contribution in [0.5, 0.6) is 0 Å². The van der Waals surface area contributed by atoms with Crippen LogP contribution < -0.4 is 0 Å². The van der Waals surface area contributed by atoms with Gasteiger partial charge in [-0.1, -0.05) is 24.3 Å². The summed E-state index contributed by atoms with van der Waals surface area (Å²) in [6.07, 6.45) is -4.53. The molecule has 0 saturated carbocycles. The van der Waals surface area contributed by atoms with Gasteiger partial charge in [-0.3, -0.25) is 0 Å². The van der Waals surface area contributed by atoms with Gasteiger partial charge in [-0.15, -0.1) is 0 Å². The largest absolute Gasteiger partial charge is 0.452 e. The van der Waals surface area contributed by atoms with E-state index >= 15 is 0 Å². The van der Waals surface area contributed by atoms with E-state index in [9.17, 15) is 18.0 Å². The molecule has 0 aliphatic carbocycles. The molecule has 2 aromatic rings. The summed E-state index contributed by atoms with van der Waals surface area (Å²) in [7, 11) is -0.247. The van der Waals surface area contributed by atoms with E-state index in [2.05, 4.69) is 4.74 Å². The molecule has 128 valence electrons. The van der Waals surface area contributed by atoms with Crippen molar-refractivity contribution in [2.75, 3.05) is 31.3 Å². The van der Waals surface area contributed by atoms with E-state index in [0.717, 1.165) is 27.2 Å². The van der Waals surface area contributed by atoms with Gasteiger partial charge in [-0.05, 0) is 17.5 Å². The number of benzene rings is 2. The van der Waals surface area contributed by atoms with E-state index < -0.39 is 18.8 Å². The van der Waals surface area contributed by atoms with Gasteiger partial charge in [0.05, 0.1) is 13.2 Å². The van der Waals surface area contributed by atoms with Gasteiger partial charge in [0.1, 0.15) is 17.1 Å². The Labute approximate surface area is 140 Å². The lowest BCUT2D eigenvalue weighted by Gasteiger charge is -2.18. The predicted molar refractivity (Wildman–Crippen MR) is 86.5 cm³/mol. The SMILES string of the molecule is O=C(OCC(F)(F)F)c1ccc2ccccc2c1[S+]1CCOCC1. The number of esters is 1. The van der Waals surface area contributed by atoms with Crippen LogP contribution in [0.25, 0.3) is 10.8 Å². The molecule has 0 N–H and O–H groups in total. The molecule has 1 saturated heterocycles. The van der Waals surface area contributed by atoms with E-state index in [4.69, 9.17) is 4.74 Å². The van der Waals surface area contributed by atoms with Crippen LogP contribution in [0.3, 0.4) is 0 Å². The molecule has 0 amide bonds. The summed E-state index contributed by atoms with van der Waals surface area (Å²) in [5, 5.41) is 1.85. The topological polar surface area (TPSA) is 35.5 Å². The maximum Gasteiger partial charge on any atom is 0.422 e. The van der Waals surface area contributed by atoms with Crippen LogP contribution in [0.1, 0.15) is 10.4 Å². The van der Waals surface area contributed by atoms with Gasteiger partial charge in [0.15, 0.2) is 11.5 Å². The Balaban J connectivity index is 2.01. The maximum atomic E-state index is 12.3. The summed E-state index contributed by atoms with van der Waals surface area (Å²) < 4.78 is 46.9. The molecule has 0 aromatic heterocycles. The third-order valence-corrected chi connectivity index (χ3v) is 6.04. The summed E-state index contributed by atoms with van der Waals surface area (Å²) in [5.41, 5.74) is 0.225. The van der Waals surface area contributed by atoms with Crippen molar-refractivity contribution in [3.8, 4) is 0 Å². The van der Waals surface area contributed by atoms with Gasteiger partial charge < -0.3 is 9.47 Å². The zero-order chi connectivity index (χ0) is 17.2. The number of ether oxygens (including phenoxy) is 2.